The van der Waals surface area contributed by atoms with Crippen molar-refractivity contribution in [3.8, 4) is 0 Å². The van der Waals surface area contributed by atoms with Gasteiger partial charge >= 0.3 is 5.97 Å². The molecule has 0 amide bonds. The van der Waals surface area contributed by atoms with Crippen LogP contribution in [0.5, 0.6) is 0 Å². The van der Waals surface area contributed by atoms with Crippen molar-refractivity contribution in [1.82, 2.24) is 4.98 Å². The first-order valence-electron chi connectivity index (χ1n) is 4.34. The summed E-state index contributed by atoms with van der Waals surface area (Å²) in [6.45, 7) is 0. The molecule has 0 saturated heterocycles. The van der Waals surface area contributed by atoms with Gasteiger partial charge < -0.3 is 4.74 Å². The Kier molecular flexibility index (Phi) is 2.56. The van der Waals surface area contributed by atoms with E-state index in [2.05, 4.69) is 9.72 Å². The largest absolute Gasteiger partial charge is 0.465 e. The highest BCUT2D eigenvalue weighted by molar-refractivity contribution is 6.31. The number of aromatic nitrogens is 1. The average molecular weight is 222 g/mol. The van der Waals surface area contributed by atoms with Crippen LogP contribution in [0.4, 0.5) is 0 Å². The Morgan fingerprint density at radius 1 is 1.40 bits per heavy atom. The molecule has 1 heterocycles. The van der Waals surface area contributed by atoms with Gasteiger partial charge in [0.15, 0.2) is 0 Å². The molecule has 0 fully saturated rings. The van der Waals surface area contributed by atoms with Gasteiger partial charge in [0.05, 0.1) is 18.2 Å². The van der Waals surface area contributed by atoms with Crippen LogP contribution in [0.2, 0.25) is 5.02 Å². The van der Waals surface area contributed by atoms with E-state index in [9.17, 15) is 4.79 Å². The fourth-order valence-electron chi connectivity index (χ4n) is 1.33. The van der Waals surface area contributed by atoms with Crippen LogP contribution in [-0.2, 0) is 4.74 Å². The van der Waals surface area contributed by atoms with E-state index >= 15 is 0 Å². The van der Waals surface area contributed by atoms with Gasteiger partial charge in [0, 0.05) is 16.6 Å². The number of esters is 1. The first-order chi connectivity index (χ1) is 7.20. The molecule has 0 aliphatic heterocycles. The second-order valence-corrected chi connectivity index (χ2v) is 3.49. The number of carbonyl (C=O) groups is 1. The van der Waals surface area contributed by atoms with Crippen LogP contribution in [0.15, 0.2) is 30.5 Å². The lowest BCUT2D eigenvalue weighted by Gasteiger charge is -2.01. The quantitative estimate of drug-likeness (QED) is 0.695. The second kappa shape index (κ2) is 3.87. The number of methoxy groups -OCH3 is 1. The molecular weight excluding hydrogens is 214 g/mol. The highest BCUT2D eigenvalue weighted by atomic mass is 35.5. The van der Waals surface area contributed by atoms with Gasteiger partial charge in [-0.05, 0) is 24.3 Å². The molecule has 0 aliphatic rings. The minimum atomic E-state index is -0.399. The second-order valence-electron chi connectivity index (χ2n) is 3.05. The maximum atomic E-state index is 11.2. The number of fused-ring (bicyclic) bond motifs is 1. The molecule has 4 heteroatoms. The van der Waals surface area contributed by atoms with Crippen LogP contribution in [0, 0.1) is 0 Å². The Balaban J connectivity index is 2.59. The topological polar surface area (TPSA) is 39.2 Å². The lowest BCUT2D eigenvalue weighted by Crippen LogP contribution is -2.01. The lowest BCUT2D eigenvalue weighted by molar-refractivity contribution is 0.0600. The van der Waals surface area contributed by atoms with Crippen LogP contribution in [-0.4, -0.2) is 18.1 Å². The number of nitrogens with zero attached hydrogens (tertiary/aromatic N) is 1. The van der Waals surface area contributed by atoms with Crippen molar-refractivity contribution in [2.45, 2.75) is 0 Å². The van der Waals surface area contributed by atoms with E-state index in [-0.39, 0.29) is 0 Å². The summed E-state index contributed by atoms with van der Waals surface area (Å²) >= 11 is 5.84. The van der Waals surface area contributed by atoms with Gasteiger partial charge in [-0.2, -0.15) is 0 Å². The zero-order chi connectivity index (χ0) is 10.8. The van der Waals surface area contributed by atoms with Crippen LogP contribution in [0.1, 0.15) is 10.4 Å². The van der Waals surface area contributed by atoms with E-state index in [1.807, 2.05) is 0 Å². The maximum Gasteiger partial charge on any atom is 0.339 e. The number of rotatable bonds is 1. The summed E-state index contributed by atoms with van der Waals surface area (Å²) in [7, 11) is 1.34. The molecule has 0 spiro atoms. The highest BCUT2D eigenvalue weighted by Gasteiger charge is 2.06. The third kappa shape index (κ3) is 1.92. The molecule has 0 N–H and O–H groups in total. The number of carbonyl (C=O) groups excluding carboxylic acids is 1. The van der Waals surface area contributed by atoms with Gasteiger partial charge in [0.25, 0.3) is 0 Å². The number of hydrogen-bond donors (Lipinski definition) is 0. The minimum Gasteiger partial charge on any atom is -0.465 e. The molecule has 0 radical (unpaired) electrons. The van der Waals surface area contributed by atoms with E-state index in [4.69, 9.17) is 11.6 Å². The number of hydrogen-bond acceptors (Lipinski definition) is 3. The summed E-state index contributed by atoms with van der Waals surface area (Å²) < 4.78 is 4.60. The summed E-state index contributed by atoms with van der Waals surface area (Å²) in [4.78, 5) is 15.4. The Hall–Kier alpha value is -1.61. The summed E-state index contributed by atoms with van der Waals surface area (Å²) in [6, 6.07) is 7.03. The zero-order valence-corrected chi connectivity index (χ0v) is 8.78. The summed E-state index contributed by atoms with van der Waals surface area (Å²) in [5, 5.41) is 1.44. The van der Waals surface area contributed by atoms with Gasteiger partial charge in [-0.1, -0.05) is 11.6 Å². The Labute approximate surface area is 91.6 Å². The molecular formula is C11H8ClNO2. The SMILES string of the molecule is COC(=O)c1cnc2ccc(Cl)cc2c1. The Bertz CT molecular complexity index is 525. The summed E-state index contributed by atoms with van der Waals surface area (Å²) in [6.07, 6.45) is 1.49. The van der Waals surface area contributed by atoms with Crippen molar-refractivity contribution in [2.24, 2.45) is 0 Å². The van der Waals surface area contributed by atoms with Crippen molar-refractivity contribution >= 4 is 28.5 Å². The fraction of sp³-hybridized carbons (Fsp3) is 0.0909. The molecule has 3 nitrogen and oxygen atoms in total. The van der Waals surface area contributed by atoms with Gasteiger partial charge in [-0.3, -0.25) is 4.98 Å². The highest BCUT2D eigenvalue weighted by Crippen LogP contribution is 2.18. The normalized spacial score (nSPS) is 10.3. The Morgan fingerprint density at radius 2 is 2.20 bits per heavy atom. The molecule has 2 aromatic rings. The van der Waals surface area contributed by atoms with Crippen molar-refractivity contribution in [3.63, 3.8) is 0 Å². The third-order valence-electron chi connectivity index (χ3n) is 2.06. The van der Waals surface area contributed by atoms with Crippen LogP contribution < -0.4 is 0 Å². The van der Waals surface area contributed by atoms with E-state index in [0.717, 1.165) is 10.9 Å². The van der Waals surface area contributed by atoms with Crippen molar-refractivity contribution < 1.29 is 9.53 Å². The molecule has 0 bridgehead atoms. The van der Waals surface area contributed by atoms with Gasteiger partial charge in [0.2, 0.25) is 0 Å². The molecule has 76 valence electrons. The molecule has 0 unspecified atom stereocenters. The number of halogens is 1. The van der Waals surface area contributed by atoms with Gasteiger partial charge in [-0.15, -0.1) is 0 Å². The number of ether oxygens (including phenoxy) is 1. The average Bonchev–Trinajstić information content (AvgIpc) is 2.27. The molecule has 2 rings (SSSR count). The van der Waals surface area contributed by atoms with Gasteiger partial charge in [0.1, 0.15) is 0 Å². The van der Waals surface area contributed by atoms with E-state index in [1.165, 1.54) is 13.3 Å². The molecule has 1 aromatic carbocycles. The monoisotopic (exact) mass is 221 g/mol. The standard InChI is InChI=1S/C11H8ClNO2/c1-15-11(14)8-4-7-5-9(12)2-3-10(7)13-6-8/h2-6H,1H3. The van der Waals surface area contributed by atoms with E-state index in [1.54, 1.807) is 24.3 Å². The maximum absolute atomic E-state index is 11.2. The van der Waals surface area contributed by atoms with Gasteiger partial charge in [-0.25, -0.2) is 4.79 Å². The lowest BCUT2D eigenvalue weighted by atomic mass is 10.1. The molecule has 15 heavy (non-hydrogen) atoms. The zero-order valence-electron chi connectivity index (χ0n) is 8.03. The van der Waals surface area contributed by atoms with E-state index < -0.39 is 5.97 Å². The van der Waals surface area contributed by atoms with Crippen LogP contribution >= 0.6 is 11.6 Å². The predicted octanol–water partition coefficient (Wildman–Crippen LogP) is 2.67. The van der Waals surface area contributed by atoms with Crippen molar-refractivity contribution in [1.29, 1.82) is 0 Å². The predicted molar refractivity (Wildman–Crippen MR) is 58.1 cm³/mol. The van der Waals surface area contributed by atoms with Crippen LogP contribution in [0.3, 0.4) is 0 Å². The first-order valence-corrected chi connectivity index (χ1v) is 4.72. The molecule has 0 saturated carbocycles. The van der Waals surface area contributed by atoms with Crippen molar-refractivity contribution in [3.05, 3.63) is 41.0 Å². The third-order valence-corrected chi connectivity index (χ3v) is 2.30. The summed E-state index contributed by atoms with van der Waals surface area (Å²) in [5.41, 5.74) is 1.22. The summed E-state index contributed by atoms with van der Waals surface area (Å²) in [5.74, 6) is -0.399. The smallest absolute Gasteiger partial charge is 0.339 e. The molecule has 0 aliphatic carbocycles. The van der Waals surface area contributed by atoms with E-state index in [0.29, 0.717) is 10.6 Å². The number of pyridine rings is 1. The van der Waals surface area contributed by atoms with Crippen molar-refractivity contribution in [2.75, 3.05) is 7.11 Å². The number of benzene rings is 1. The minimum absolute atomic E-state index is 0.399. The fourth-order valence-corrected chi connectivity index (χ4v) is 1.51. The van der Waals surface area contributed by atoms with Crippen LogP contribution in [0.25, 0.3) is 10.9 Å². The first kappa shape index (κ1) is 9.93. The molecule has 1 aromatic heterocycles. The molecule has 0 atom stereocenters. The Morgan fingerprint density at radius 3 is 2.93 bits per heavy atom.